The summed E-state index contributed by atoms with van der Waals surface area (Å²) in [6.07, 6.45) is 11.9. The summed E-state index contributed by atoms with van der Waals surface area (Å²) in [4.78, 5) is 3.44. The molecule has 2 fully saturated rings. The summed E-state index contributed by atoms with van der Waals surface area (Å²) in [5.41, 5.74) is 5.57. The zero-order valence-electron chi connectivity index (χ0n) is 19.3. The maximum Gasteiger partial charge on any atom is 0.0597 e. The second-order valence-corrected chi connectivity index (χ2v) is 10.7. The van der Waals surface area contributed by atoms with Gasteiger partial charge in [0.05, 0.1) is 6.10 Å². The highest BCUT2D eigenvalue weighted by Gasteiger charge is 2.56. The Balaban J connectivity index is 1.56. The number of aliphatic hydroxyl groups is 1. The highest BCUT2D eigenvalue weighted by atomic mass is 16.3. The average molecular weight is 406 g/mol. The van der Waals surface area contributed by atoms with Crippen LogP contribution in [0, 0.1) is 22.7 Å². The first kappa shape index (κ1) is 21.4. The van der Waals surface area contributed by atoms with Gasteiger partial charge in [-0.05, 0) is 93.1 Å². The molecule has 2 saturated carbocycles. The van der Waals surface area contributed by atoms with Gasteiger partial charge in [-0.15, -0.1) is 0 Å². The molecule has 1 heterocycles. The van der Waals surface area contributed by atoms with Gasteiger partial charge in [-0.2, -0.15) is 0 Å². The zero-order chi connectivity index (χ0) is 21.5. The van der Waals surface area contributed by atoms with Gasteiger partial charge in [0, 0.05) is 17.1 Å². The number of allylic oxidation sites excluding steroid dienone is 3. The lowest BCUT2D eigenvalue weighted by Crippen LogP contribution is -2.54. The minimum atomic E-state index is -0.195. The SMILES string of the molecule is C=C1C(Cc2c[nH]c3ccccc23)CCC2C1(C)CCC(O)C2(C)CCC=C(C)C. The Bertz CT molecular complexity index is 948. The quantitative estimate of drug-likeness (QED) is 0.507. The normalized spacial score (nSPS) is 34.0. The van der Waals surface area contributed by atoms with Gasteiger partial charge in [-0.3, -0.25) is 0 Å². The van der Waals surface area contributed by atoms with E-state index in [1.165, 1.54) is 40.5 Å². The van der Waals surface area contributed by atoms with Gasteiger partial charge in [0.1, 0.15) is 0 Å². The summed E-state index contributed by atoms with van der Waals surface area (Å²) in [6.45, 7) is 13.8. The van der Waals surface area contributed by atoms with Crippen molar-refractivity contribution in [1.82, 2.24) is 4.98 Å². The van der Waals surface area contributed by atoms with E-state index in [9.17, 15) is 5.11 Å². The van der Waals surface area contributed by atoms with Crippen LogP contribution in [-0.4, -0.2) is 16.2 Å². The molecule has 0 radical (unpaired) electrons. The number of H-pyrrole nitrogens is 1. The molecule has 2 heteroatoms. The third kappa shape index (κ3) is 3.58. The second-order valence-electron chi connectivity index (χ2n) is 10.7. The van der Waals surface area contributed by atoms with Crippen molar-refractivity contribution in [2.24, 2.45) is 22.7 Å². The smallest absolute Gasteiger partial charge is 0.0597 e. The molecule has 4 rings (SSSR count). The molecule has 0 amide bonds. The predicted octanol–water partition coefficient (Wildman–Crippen LogP) is 7.21. The zero-order valence-corrected chi connectivity index (χ0v) is 19.3. The number of aromatic nitrogens is 1. The maximum atomic E-state index is 11.1. The Hall–Kier alpha value is -1.80. The number of nitrogens with one attached hydrogen (secondary N) is 1. The Kier molecular flexibility index (Phi) is 5.74. The van der Waals surface area contributed by atoms with E-state index in [1.54, 1.807) is 0 Å². The Morgan fingerprint density at radius 2 is 1.97 bits per heavy atom. The van der Waals surface area contributed by atoms with E-state index in [0.717, 1.165) is 32.1 Å². The van der Waals surface area contributed by atoms with E-state index in [1.807, 2.05) is 0 Å². The van der Waals surface area contributed by atoms with Crippen molar-refractivity contribution in [2.45, 2.75) is 78.7 Å². The number of fused-ring (bicyclic) bond motifs is 2. The Morgan fingerprint density at radius 3 is 2.73 bits per heavy atom. The fourth-order valence-electron chi connectivity index (χ4n) is 6.75. The Labute approximate surface area is 182 Å². The van der Waals surface area contributed by atoms with Gasteiger partial charge < -0.3 is 10.1 Å². The number of benzene rings is 1. The van der Waals surface area contributed by atoms with Gasteiger partial charge in [0.15, 0.2) is 0 Å². The molecule has 2 N–H and O–H groups in total. The molecule has 0 aliphatic heterocycles. The van der Waals surface area contributed by atoms with Crippen LogP contribution in [0.5, 0.6) is 0 Å². The molecule has 1 aromatic heterocycles. The number of hydrogen-bond donors (Lipinski definition) is 2. The van der Waals surface area contributed by atoms with Crippen molar-refractivity contribution in [2.75, 3.05) is 0 Å². The van der Waals surface area contributed by atoms with Crippen LogP contribution in [0.3, 0.4) is 0 Å². The second kappa shape index (κ2) is 8.04. The van der Waals surface area contributed by atoms with E-state index < -0.39 is 0 Å². The van der Waals surface area contributed by atoms with Gasteiger partial charge in [0.25, 0.3) is 0 Å². The summed E-state index contributed by atoms with van der Waals surface area (Å²) in [5.74, 6) is 1.05. The largest absolute Gasteiger partial charge is 0.393 e. The van der Waals surface area contributed by atoms with Gasteiger partial charge in [-0.25, -0.2) is 0 Å². The minimum Gasteiger partial charge on any atom is -0.393 e. The number of aliphatic hydroxyl groups excluding tert-OH is 1. The van der Waals surface area contributed by atoms with Crippen LogP contribution in [-0.2, 0) is 6.42 Å². The van der Waals surface area contributed by atoms with Gasteiger partial charge in [0.2, 0.25) is 0 Å². The van der Waals surface area contributed by atoms with E-state index >= 15 is 0 Å². The summed E-state index contributed by atoms with van der Waals surface area (Å²) in [5, 5.41) is 12.4. The fourth-order valence-corrected chi connectivity index (χ4v) is 6.75. The summed E-state index contributed by atoms with van der Waals surface area (Å²) in [7, 11) is 0. The average Bonchev–Trinajstić information content (AvgIpc) is 3.11. The van der Waals surface area contributed by atoms with Crippen LogP contribution in [0.25, 0.3) is 10.9 Å². The van der Waals surface area contributed by atoms with Crippen molar-refractivity contribution >= 4 is 10.9 Å². The molecule has 5 unspecified atom stereocenters. The number of para-hydroxylation sites is 1. The van der Waals surface area contributed by atoms with Crippen LogP contribution in [0.2, 0.25) is 0 Å². The molecule has 2 aliphatic carbocycles. The fraction of sp³-hybridized carbons (Fsp3) is 0.571. The molecule has 0 spiro atoms. The van der Waals surface area contributed by atoms with Crippen LogP contribution in [0.15, 0.2) is 54.3 Å². The summed E-state index contributed by atoms with van der Waals surface area (Å²) < 4.78 is 0. The third-order valence-corrected chi connectivity index (χ3v) is 8.67. The summed E-state index contributed by atoms with van der Waals surface area (Å²) in [6, 6.07) is 8.62. The molecular formula is C28H39NO. The van der Waals surface area contributed by atoms with E-state index in [-0.39, 0.29) is 16.9 Å². The molecule has 30 heavy (non-hydrogen) atoms. The molecule has 0 bridgehead atoms. The minimum absolute atomic E-state index is 0.0202. The molecule has 2 nitrogen and oxygen atoms in total. The topological polar surface area (TPSA) is 36.0 Å². The van der Waals surface area contributed by atoms with Crippen LogP contribution in [0.4, 0.5) is 0 Å². The van der Waals surface area contributed by atoms with Crippen molar-refractivity contribution in [3.05, 3.63) is 59.8 Å². The molecule has 2 aromatic rings. The van der Waals surface area contributed by atoms with Crippen molar-refractivity contribution in [1.29, 1.82) is 0 Å². The summed E-state index contributed by atoms with van der Waals surface area (Å²) >= 11 is 0. The lowest BCUT2D eigenvalue weighted by molar-refractivity contribution is -0.112. The number of hydrogen-bond acceptors (Lipinski definition) is 1. The first-order chi connectivity index (χ1) is 14.3. The van der Waals surface area contributed by atoms with Crippen LogP contribution < -0.4 is 0 Å². The molecular weight excluding hydrogens is 366 g/mol. The number of rotatable bonds is 5. The predicted molar refractivity (Wildman–Crippen MR) is 127 cm³/mol. The van der Waals surface area contributed by atoms with Gasteiger partial charge >= 0.3 is 0 Å². The standard InChI is InChI=1S/C28H39NO/c1-19(2)9-8-15-28(5)25-13-12-21(20(3)27(25,4)16-14-26(28)30)17-22-18-29-24-11-7-6-10-23(22)24/h6-7,9-11,18,21,25-26,29-30H,3,8,12-17H2,1-2,4-5H3. The third-order valence-electron chi connectivity index (χ3n) is 8.67. The monoisotopic (exact) mass is 405 g/mol. The maximum absolute atomic E-state index is 11.1. The van der Waals surface area contributed by atoms with Crippen molar-refractivity contribution in [3.63, 3.8) is 0 Å². The molecule has 162 valence electrons. The van der Waals surface area contributed by atoms with E-state index in [2.05, 4.69) is 69.2 Å². The lowest BCUT2D eigenvalue weighted by Gasteiger charge is -2.59. The van der Waals surface area contributed by atoms with E-state index in [0.29, 0.717) is 11.8 Å². The van der Waals surface area contributed by atoms with Crippen LogP contribution in [0.1, 0.15) is 71.8 Å². The Morgan fingerprint density at radius 1 is 1.20 bits per heavy atom. The molecule has 1 aromatic carbocycles. The van der Waals surface area contributed by atoms with Crippen LogP contribution >= 0.6 is 0 Å². The van der Waals surface area contributed by atoms with E-state index in [4.69, 9.17) is 6.58 Å². The first-order valence-corrected chi connectivity index (χ1v) is 11.8. The molecule has 0 saturated heterocycles. The highest BCUT2D eigenvalue weighted by molar-refractivity contribution is 5.83. The van der Waals surface area contributed by atoms with Crippen molar-refractivity contribution < 1.29 is 5.11 Å². The lowest BCUT2D eigenvalue weighted by atomic mass is 9.46. The number of aromatic amines is 1. The van der Waals surface area contributed by atoms with Crippen molar-refractivity contribution in [3.8, 4) is 0 Å². The van der Waals surface area contributed by atoms with Gasteiger partial charge in [-0.1, -0.05) is 55.8 Å². The molecule has 5 atom stereocenters. The molecule has 2 aliphatic rings. The first-order valence-electron chi connectivity index (χ1n) is 11.8. The highest BCUT2D eigenvalue weighted by Crippen LogP contribution is 2.62.